The van der Waals surface area contributed by atoms with E-state index in [1.807, 2.05) is 0 Å². The van der Waals surface area contributed by atoms with Gasteiger partial charge in [-0.15, -0.1) is 0 Å². The molecule has 6 bridgehead atoms. The maximum absolute atomic E-state index is 2.70. The maximum atomic E-state index is 2.70. The van der Waals surface area contributed by atoms with Crippen molar-refractivity contribution in [2.45, 2.75) is 45.3 Å². The Hall–Kier alpha value is 0.0649. The Morgan fingerprint density at radius 3 is 2.41 bits per heavy atom. The van der Waals surface area contributed by atoms with E-state index in [2.05, 4.69) is 28.6 Å². The average Bonchev–Trinajstić information content (AvgIpc) is 2.90. The van der Waals surface area contributed by atoms with Gasteiger partial charge >= 0.3 is 0 Å². The molecule has 1 heteroatoms. The number of hydrogen-bond donors (Lipinski definition) is 0. The summed E-state index contributed by atoms with van der Waals surface area (Å²) in [4.78, 5) is 0. The summed E-state index contributed by atoms with van der Waals surface area (Å²) in [6.07, 6.45) is 4.90. The topological polar surface area (TPSA) is 0 Å². The van der Waals surface area contributed by atoms with Gasteiger partial charge in [-0.1, -0.05) is 26.1 Å². The van der Waals surface area contributed by atoms with Crippen molar-refractivity contribution >= 4 is 7.85 Å². The average molecular weight is 226 g/mol. The van der Waals surface area contributed by atoms with Crippen molar-refractivity contribution in [3.8, 4) is 0 Å². The van der Waals surface area contributed by atoms with E-state index in [9.17, 15) is 0 Å². The fourth-order valence-electron chi connectivity index (χ4n) is 9.39. The van der Waals surface area contributed by atoms with Crippen molar-refractivity contribution in [2.75, 3.05) is 0 Å². The van der Waals surface area contributed by atoms with Gasteiger partial charge < -0.3 is 0 Å². The summed E-state index contributed by atoms with van der Waals surface area (Å²) in [6.45, 7) is 8.00. The molecule has 7 rings (SSSR count). The largest absolute Gasteiger partial charge is 0.110 e. The van der Waals surface area contributed by atoms with Crippen molar-refractivity contribution in [1.82, 2.24) is 0 Å². The molecule has 90 valence electrons. The summed E-state index contributed by atoms with van der Waals surface area (Å²) < 4.78 is 0. The first-order valence-corrected chi connectivity index (χ1v) is 7.92. The van der Waals surface area contributed by atoms with Crippen LogP contribution in [0.2, 0.25) is 5.31 Å². The fraction of sp³-hybridized carbons (Fsp3) is 1.00. The van der Waals surface area contributed by atoms with Crippen LogP contribution in [0.4, 0.5) is 0 Å². The molecule has 0 nitrogen and oxygen atoms in total. The molecule has 0 aromatic heterocycles. The van der Waals surface area contributed by atoms with E-state index in [0.717, 1.165) is 39.9 Å². The van der Waals surface area contributed by atoms with E-state index in [1.54, 1.807) is 19.3 Å². The lowest BCUT2D eigenvalue weighted by Crippen LogP contribution is -2.83. The Labute approximate surface area is 105 Å². The fourth-order valence-corrected chi connectivity index (χ4v) is 9.39. The summed E-state index contributed by atoms with van der Waals surface area (Å²) in [5.41, 5.74) is 2.40. The zero-order valence-corrected chi connectivity index (χ0v) is 11.6. The van der Waals surface area contributed by atoms with Crippen molar-refractivity contribution in [1.29, 1.82) is 0 Å². The molecule has 0 N–H and O–H groups in total. The van der Waals surface area contributed by atoms with Crippen molar-refractivity contribution < 1.29 is 0 Å². The van der Waals surface area contributed by atoms with Crippen LogP contribution in [0, 0.1) is 51.8 Å². The third kappa shape index (κ3) is 0.461. The lowest BCUT2D eigenvalue weighted by atomic mass is 9.12. The molecule has 0 saturated heterocycles. The molecule has 0 aliphatic heterocycles. The van der Waals surface area contributed by atoms with Crippen molar-refractivity contribution in [2.24, 2.45) is 51.8 Å². The molecular weight excluding hydrogens is 203 g/mol. The molecule has 0 heterocycles. The van der Waals surface area contributed by atoms with Crippen LogP contribution in [0.5, 0.6) is 0 Å². The van der Waals surface area contributed by atoms with Gasteiger partial charge in [-0.05, 0) is 71.0 Å². The van der Waals surface area contributed by atoms with Crippen LogP contribution in [0.1, 0.15) is 40.0 Å². The highest BCUT2D eigenvalue weighted by atomic mass is 15.0. The van der Waals surface area contributed by atoms with Gasteiger partial charge in [-0.25, -0.2) is 0 Å². The van der Waals surface area contributed by atoms with E-state index >= 15 is 0 Å². The Kier molecular flexibility index (Phi) is 0.955. The molecule has 0 radical (unpaired) electrons. The minimum atomic E-state index is 0.656. The van der Waals surface area contributed by atoms with Crippen LogP contribution >= 0.6 is 0 Å². The normalized spacial score (nSPS) is 88.2. The summed E-state index contributed by atoms with van der Waals surface area (Å²) in [7, 11) is 2.62. The van der Waals surface area contributed by atoms with Gasteiger partial charge in [-0.2, -0.15) is 0 Å². The molecule has 7 fully saturated rings. The second-order valence-electron chi connectivity index (χ2n) is 9.51. The van der Waals surface area contributed by atoms with E-state index in [0.29, 0.717) is 5.31 Å². The quantitative estimate of drug-likeness (QED) is 0.557. The van der Waals surface area contributed by atoms with E-state index in [4.69, 9.17) is 0 Å². The van der Waals surface area contributed by atoms with Crippen LogP contribution in [0.15, 0.2) is 0 Å². The zero-order chi connectivity index (χ0) is 11.6. The van der Waals surface area contributed by atoms with E-state index in [-0.39, 0.29) is 0 Å². The first kappa shape index (κ1) is 9.05. The molecule has 10 unspecified atom stereocenters. The molecule has 7 saturated carbocycles. The van der Waals surface area contributed by atoms with E-state index < -0.39 is 0 Å². The highest BCUT2D eigenvalue weighted by Crippen LogP contribution is 3.02. The highest BCUT2D eigenvalue weighted by molar-refractivity contribution is 6.17. The minimum Gasteiger partial charge on any atom is -0.0661 e. The molecule has 0 aromatic carbocycles. The molecule has 0 aromatic rings. The second kappa shape index (κ2) is 1.80. The van der Waals surface area contributed by atoms with Gasteiger partial charge in [0.25, 0.3) is 0 Å². The van der Waals surface area contributed by atoms with Crippen molar-refractivity contribution in [3.63, 3.8) is 0 Å². The predicted molar refractivity (Wildman–Crippen MR) is 70.3 cm³/mol. The standard InChI is InChI=1S/C16H23B/c1-13-8-5-10(13)16-6-7(16)4-9(16)12-11(8)14(13,2)15(12,3)17/h7-12H,4-6,17H2,1-3H3. The van der Waals surface area contributed by atoms with Crippen LogP contribution in [-0.4, -0.2) is 7.85 Å². The van der Waals surface area contributed by atoms with Gasteiger partial charge in [0.2, 0.25) is 0 Å². The SMILES string of the molecule is BC1(C)C2C3CC4CC43C3CC4C2C1(C)C43C. The van der Waals surface area contributed by atoms with Gasteiger partial charge in [0.05, 0.1) is 0 Å². The van der Waals surface area contributed by atoms with Crippen LogP contribution in [0.3, 0.4) is 0 Å². The summed E-state index contributed by atoms with van der Waals surface area (Å²) >= 11 is 0. The van der Waals surface area contributed by atoms with Crippen LogP contribution < -0.4 is 0 Å². The van der Waals surface area contributed by atoms with Gasteiger partial charge in [-0.3, -0.25) is 0 Å². The Balaban J connectivity index is 1.66. The number of rotatable bonds is 0. The smallest absolute Gasteiger partial charge is 0.0661 e. The maximum Gasteiger partial charge on any atom is 0.110 e. The second-order valence-corrected chi connectivity index (χ2v) is 9.51. The Morgan fingerprint density at radius 1 is 1.00 bits per heavy atom. The zero-order valence-electron chi connectivity index (χ0n) is 11.6. The summed E-state index contributed by atoms with van der Waals surface area (Å²) in [6, 6.07) is 0. The lowest BCUT2D eigenvalue weighted by Gasteiger charge is -2.89. The van der Waals surface area contributed by atoms with Gasteiger partial charge in [0, 0.05) is 0 Å². The molecule has 7 aliphatic carbocycles. The molecule has 17 heavy (non-hydrogen) atoms. The molecule has 10 atom stereocenters. The summed E-state index contributed by atoms with van der Waals surface area (Å²) in [5.74, 6) is 6.92. The van der Waals surface area contributed by atoms with Gasteiger partial charge in [0.15, 0.2) is 0 Å². The molecular formula is C16H23B. The molecule has 7 aliphatic rings. The number of hydrogen-bond acceptors (Lipinski definition) is 0. The molecule has 1 spiro atoms. The third-order valence-electron chi connectivity index (χ3n) is 10.3. The van der Waals surface area contributed by atoms with Crippen LogP contribution in [0.25, 0.3) is 0 Å². The molecule has 0 amide bonds. The first-order valence-electron chi connectivity index (χ1n) is 7.92. The monoisotopic (exact) mass is 226 g/mol. The van der Waals surface area contributed by atoms with Crippen LogP contribution in [-0.2, 0) is 0 Å². The van der Waals surface area contributed by atoms with Crippen molar-refractivity contribution in [3.05, 3.63) is 0 Å². The Morgan fingerprint density at radius 2 is 1.76 bits per heavy atom. The van der Waals surface area contributed by atoms with E-state index in [1.165, 1.54) is 11.8 Å². The lowest BCUT2D eigenvalue weighted by molar-refractivity contribution is -0.375. The summed E-state index contributed by atoms with van der Waals surface area (Å²) in [5, 5.41) is 0.656. The first-order chi connectivity index (χ1) is 7.92. The predicted octanol–water partition coefficient (Wildman–Crippen LogP) is 2.75. The van der Waals surface area contributed by atoms with Gasteiger partial charge in [0.1, 0.15) is 7.85 Å². The highest BCUT2D eigenvalue weighted by Gasteiger charge is 2.96. The Bertz CT molecular complexity index is 494. The third-order valence-corrected chi connectivity index (χ3v) is 10.3. The minimum absolute atomic E-state index is 0.656.